The Bertz CT molecular complexity index is 570. The van der Waals surface area contributed by atoms with Gasteiger partial charge in [-0.05, 0) is 46.7 Å². The molecule has 0 bridgehead atoms. The highest BCUT2D eigenvalue weighted by Crippen LogP contribution is 2.36. The van der Waals surface area contributed by atoms with E-state index in [2.05, 4.69) is 22.6 Å². The van der Waals surface area contributed by atoms with Crippen molar-refractivity contribution in [1.29, 1.82) is 0 Å². The molecule has 0 aromatic heterocycles. The summed E-state index contributed by atoms with van der Waals surface area (Å²) in [6.45, 7) is 2.13. The van der Waals surface area contributed by atoms with Gasteiger partial charge in [0.15, 0.2) is 11.5 Å². The van der Waals surface area contributed by atoms with Crippen LogP contribution < -0.4 is 9.47 Å². The lowest BCUT2D eigenvalue weighted by atomic mass is 10.1. The third kappa shape index (κ3) is 3.96. The Morgan fingerprint density at radius 2 is 2.00 bits per heavy atom. The second-order valence-corrected chi connectivity index (χ2v) is 7.09. The van der Waals surface area contributed by atoms with Gasteiger partial charge in [0.25, 0.3) is 10.1 Å². The second kappa shape index (κ2) is 5.84. The predicted octanol–water partition coefficient (Wildman–Crippen LogP) is 2.32. The van der Waals surface area contributed by atoms with E-state index >= 15 is 0 Å². The molecule has 106 valence electrons. The van der Waals surface area contributed by atoms with Crippen molar-refractivity contribution in [3.63, 3.8) is 0 Å². The number of benzene rings is 1. The molecule has 0 aliphatic carbocycles. The summed E-state index contributed by atoms with van der Waals surface area (Å²) in [7, 11) is -3.44. The maximum atomic E-state index is 11.2. The zero-order chi connectivity index (χ0) is 14.0. The van der Waals surface area contributed by atoms with Gasteiger partial charge in [-0.2, -0.15) is 8.42 Å². The molecule has 19 heavy (non-hydrogen) atoms. The van der Waals surface area contributed by atoms with Crippen molar-refractivity contribution in [3.8, 4) is 11.5 Å². The first kappa shape index (κ1) is 14.9. The van der Waals surface area contributed by atoms with Crippen molar-refractivity contribution < 1.29 is 22.1 Å². The van der Waals surface area contributed by atoms with E-state index in [9.17, 15) is 8.42 Å². The average molecular weight is 398 g/mol. The maximum absolute atomic E-state index is 11.2. The smallest absolute Gasteiger partial charge is 0.264 e. The molecule has 1 aromatic carbocycles. The lowest BCUT2D eigenvalue weighted by molar-refractivity contribution is 0.174. The second-order valence-electron chi connectivity index (χ2n) is 4.33. The Morgan fingerprint density at radius 1 is 1.37 bits per heavy atom. The number of fused-ring (bicyclic) bond motifs is 1. The summed E-state index contributed by atoms with van der Waals surface area (Å²) in [5.74, 6) is 1.43. The highest BCUT2D eigenvalue weighted by Gasteiger charge is 2.20. The maximum Gasteiger partial charge on any atom is 0.264 e. The van der Waals surface area contributed by atoms with Gasteiger partial charge in [0.1, 0.15) is 0 Å². The minimum atomic E-state index is -3.44. The highest BCUT2D eigenvalue weighted by atomic mass is 127. The lowest BCUT2D eigenvalue weighted by Crippen LogP contribution is -2.19. The highest BCUT2D eigenvalue weighted by molar-refractivity contribution is 14.1. The van der Waals surface area contributed by atoms with E-state index in [4.69, 9.17) is 13.7 Å². The Labute approximate surface area is 126 Å². The summed E-state index contributed by atoms with van der Waals surface area (Å²) in [6.07, 6.45) is 1.86. The van der Waals surface area contributed by atoms with Gasteiger partial charge in [0.2, 0.25) is 6.79 Å². The van der Waals surface area contributed by atoms with Gasteiger partial charge < -0.3 is 9.47 Å². The Morgan fingerprint density at radius 3 is 2.58 bits per heavy atom. The molecule has 7 heteroatoms. The van der Waals surface area contributed by atoms with Crippen LogP contribution in [0.2, 0.25) is 0 Å². The van der Waals surface area contributed by atoms with Crippen molar-refractivity contribution in [2.24, 2.45) is 0 Å². The first-order chi connectivity index (χ1) is 8.89. The number of hydrogen-bond donors (Lipinski definition) is 0. The van der Waals surface area contributed by atoms with E-state index in [1.807, 2.05) is 19.1 Å². The van der Waals surface area contributed by atoms with E-state index in [1.54, 1.807) is 0 Å². The molecule has 0 spiro atoms. The minimum Gasteiger partial charge on any atom is -0.454 e. The van der Waals surface area contributed by atoms with Crippen molar-refractivity contribution in [2.45, 2.75) is 25.9 Å². The molecule has 1 aliphatic rings. The van der Waals surface area contributed by atoms with Gasteiger partial charge in [-0.1, -0.05) is 6.92 Å². The first-order valence-corrected chi connectivity index (χ1v) is 8.75. The molecule has 0 fully saturated rings. The molecule has 1 aliphatic heterocycles. The molecule has 5 nitrogen and oxygen atoms in total. The summed E-state index contributed by atoms with van der Waals surface area (Å²) in [6, 6.07) is 3.78. The van der Waals surface area contributed by atoms with Crippen molar-refractivity contribution in [2.75, 3.05) is 13.0 Å². The summed E-state index contributed by atoms with van der Waals surface area (Å²) >= 11 is 2.20. The fourth-order valence-electron chi connectivity index (χ4n) is 1.85. The molecule has 0 saturated carbocycles. The standard InChI is InChI=1S/C12H15IO5S/c1-3-9(18-19(2,14)15)4-8-5-11-12(6-10(8)13)17-7-16-11/h5-6,9H,3-4,7H2,1-2H3/t9-/m0/s1. The molecule has 2 rings (SSSR count). The molecular formula is C12H15IO5S. The molecule has 0 radical (unpaired) electrons. The Balaban J connectivity index is 2.18. The third-order valence-corrected chi connectivity index (χ3v) is 4.38. The van der Waals surface area contributed by atoms with Gasteiger partial charge in [-0.3, -0.25) is 4.18 Å². The molecule has 0 saturated heterocycles. The van der Waals surface area contributed by atoms with E-state index in [1.165, 1.54) is 0 Å². The van der Waals surface area contributed by atoms with E-state index in [0.717, 1.165) is 21.1 Å². The predicted molar refractivity (Wildman–Crippen MR) is 79.0 cm³/mol. The number of ether oxygens (including phenoxy) is 2. The summed E-state index contributed by atoms with van der Waals surface area (Å²) in [5, 5.41) is 0. The molecule has 0 unspecified atom stereocenters. The number of halogens is 1. The van der Waals surface area contributed by atoms with Crippen LogP contribution in [0.3, 0.4) is 0 Å². The van der Waals surface area contributed by atoms with Gasteiger partial charge in [-0.25, -0.2) is 0 Å². The zero-order valence-electron chi connectivity index (χ0n) is 10.7. The van der Waals surface area contributed by atoms with Crippen LogP contribution in [0.25, 0.3) is 0 Å². The Hall–Kier alpha value is -0.540. The fraction of sp³-hybridized carbons (Fsp3) is 0.500. The lowest BCUT2D eigenvalue weighted by Gasteiger charge is -2.15. The van der Waals surface area contributed by atoms with Crippen LogP contribution in [0.4, 0.5) is 0 Å². The normalized spacial score (nSPS) is 15.5. The molecular weight excluding hydrogens is 383 g/mol. The fourth-order valence-corrected chi connectivity index (χ4v) is 3.21. The molecule has 1 atom stereocenters. The van der Waals surface area contributed by atoms with Crippen LogP contribution >= 0.6 is 22.6 Å². The first-order valence-electron chi connectivity index (χ1n) is 5.85. The van der Waals surface area contributed by atoms with Crippen LogP contribution in [0.5, 0.6) is 11.5 Å². The third-order valence-electron chi connectivity index (χ3n) is 2.76. The van der Waals surface area contributed by atoms with Gasteiger partial charge in [-0.15, -0.1) is 0 Å². The van der Waals surface area contributed by atoms with Gasteiger partial charge >= 0.3 is 0 Å². The average Bonchev–Trinajstić information content (AvgIpc) is 2.73. The van der Waals surface area contributed by atoms with Crippen molar-refractivity contribution >= 4 is 32.7 Å². The van der Waals surface area contributed by atoms with E-state index in [-0.39, 0.29) is 12.9 Å². The summed E-state index contributed by atoms with van der Waals surface area (Å²) in [5.41, 5.74) is 1.00. The van der Waals surface area contributed by atoms with E-state index < -0.39 is 10.1 Å². The monoisotopic (exact) mass is 398 g/mol. The van der Waals surface area contributed by atoms with Crippen LogP contribution in [0, 0.1) is 3.57 Å². The summed E-state index contributed by atoms with van der Waals surface area (Å²) in [4.78, 5) is 0. The number of hydrogen-bond acceptors (Lipinski definition) is 5. The minimum absolute atomic E-state index is 0.228. The molecule has 0 amide bonds. The molecule has 1 heterocycles. The quantitative estimate of drug-likeness (QED) is 0.563. The summed E-state index contributed by atoms with van der Waals surface area (Å²) < 4.78 is 39.1. The number of rotatable bonds is 5. The SMILES string of the molecule is CC[C@@H](Cc1cc2c(cc1I)OCO2)OS(C)(=O)=O. The topological polar surface area (TPSA) is 61.8 Å². The van der Waals surface area contributed by atoms with Crippen LogP contribution in [0.15, 0.2) is 12.1 Å². The van der Waals surface area contributed by atoms with Crippen LogP contribution in [0.1, 0.15) is 18.9 Å². The largest absolute Gasteiger partial charge is 0.454 e. The Kier molecular flexibility index (Phi) is 4.57. The van der Waals surface area contributed by atoms with Gasteiger partial charge in [0, 0.05) is 9.99 Å². The van der Waals surface area contributed by atoms with Crippen LogP contribution in [-0.2, 0) is 20.7 Å². The van der Waals surface area contributed by atoms with Crippen molar-refractivity contribution in [3.05, 3.63) is 21.3 Å². The van der Waals surface area contributed by atoms with Crippen molar-refractivity contribution in [1.82, 2.24) is 0 Å². The molecule has 0 N–H and O–H groups in total. The zero-order valence-corrected chi connectivity index (χ0v) is 13.7. The molecule has 1 aromatic rings. The van der Waals surface area contributed by atoms with E-state index in [0.29, 0.717) is 18.6 Å². The van der Waals surface area contributed by atoms with Gasteiger partial charge in [0.05, 0.1) is 12.4 Å². The van der Waals surface area contributed by atoms with Crippen LogP contribution in [-0.4, -0.2) is 27.6 Å².